The third-order valence-corrected chi connectivity index (χ3v) is 4.13. The number of carbonyl (C=O) groups excluding carboxylic acids is 1. The first-order valence-corrected chi connectivity index (χ1v) is 8.51. The molecule has 0 spiro atoms. The van der Waals surface area contributed by atoms with Gasteiger partial charge < -0.3 is 10.2 Å². The van der Waals surface area contributed by atoms with E-state index in [2.05, 4.69) is 39.6 Å². The highest BCUT2D eigenvalue weighted by molar-refractivity contribution is 5.97. The fourth-order valence-corrected chi connectivity index (χ4v) is 2.67. The molecule has 7 nitrogen and oxygen atoms in total. The quantitative estimate of drug-likeness (QED) is 0.760. The molecule has 1 heterocycles. The lowest BCUT2D eigenvalue weighted by atomic mass is 10.1. The maximum Gasteiger partial charge on any atom is 0.253 e. The Hall–Kier alpha value is -2.28. The molecule has 0 bridgehead atoms. The van der Waals surface area contributed by atoms with Crippen LogP contribution in [0, 0.1) is 0 Å². The Balaban J connectivity index is 1.93. The van der Waals surface area contributed by atoms with E-state index in [1.165, 1.54) is 11.0 Å². The molecule has 1 N–H and O–H groups in total. The van der Waals surface area contributed by atoms with Crippen LogP contribution in [0.4, 0.5) is 0 Å². The summed E-state index contributed by atoms with van der Waals surface area (Å²) in [7, 11) is 0. The minimum absolute atomic E-state index is 0.101. The lowest BCUT2D eigenvalue weighted by Gasteiger charge is -2.20. The summed E-state index contributed by atoms with van der Waals surface area (Å²) in [4.78, 5) is 15.0. The summed E-state index contributed by atoms with van der Waals surface area (Å²) in [5.74, 6) is -0.101. The molecule has 0 unspecified atom stereocenters. The monoisotopic (exact) mass is 330 g/mol. The predicted octanol–water partition coefficient (Wildman–Crippen LogP) is 1.90. The number of hydrogen-bond donors (Lipinski definition) is 1. The van der Waals surface area contributed by atoms with Crippen LogP contribution in [0.15, 0.2) is 30.6 Å². The highest BCUT2D eigenvalue weighted by Gasteiger charge is 2.15. The number of rotatable bonds is 9. The van der Waals surface area contributed by atoms with Crippen LogP contribution < -0.4 is 5.32 Å². The molecule has 130 valence electrons. The minimum Gasteiger partial charge on any atom is -0.350 e. The van der Waals surface area contributed by atoms with Gasteiger partial charge in [-0.3, -0.25) is 4.79 Å². The Morgan fingerprint density at radius 1 is 1.29 bits per heavy atom. The summed E-state index contributed by atoms with van der Waals surface area (Å²) >= 11 is 0. The zero-order valence-electron chi connectivity index (χ0n) is 14.6. The van der Waals surface area contributed by atoms with Crippen LogP contribution in [0.1, 0.15) is 44.0 Å². The van der Waals surface area contributed by atoms with Crippen LogP contribution in [0.3, 0.4) is 0 Å². The lowest BCUT2D eigenvalue weighted by Crippen LogP contribution is -2.34. The van der Waals surface area contributed by atoms with Crippen molar-refractivity contribution in [1.29, 1.82) is 0 Å². The molecule has 1 amide bonds. The van der Waals surface area contributed by atoms with E-state index in [9.17, 15) is 4.79 Å². The van der Waals surface area contributed by atoms with Crippen molar-refractivity contribution in [3.05, 3.63) is 36.2 Å². The molecule has 1 aromatic carbocycles. The van der Waals surface area contributed by atoms with Crippen molar-refractivity contribution in [3.63, 3.8) is 0 Å². The van der Waals surface area contributed by atoms with E-state index in [4.69, 9.17) is 0 Å². The molecule has 0 aliphatic rings. The smallest absolute Gasteiger partial charge is 0.253 e. The molecule has 0 aliphatic carbocycles. The van der Waals surface area contributed by atoms with Crippen molar-refractivity contribution in [3.8, 4) is 5.69 Å². The van der Waals surface area contributed by atoms with Gasteiger partial charge in [-0.05, 0) is 62.0 Å². The summed E-state index contributed by atoms with van der Waals surface area (Å²) in [5.41, 5.74) is 1.25. The predicted molar refractivity (Wildman–Crippen MR) is 93.1 cm³/mol. The van der Waals surface area contributed by atoms with Crippen molar-refractivity contribution in [1.82, 2.24) is 30.4 Å². The first-order chi connectivity index (χ1) is 11.7. The van der Waals surface area contributed by atoms with Crippen LogP contribution in [-0.2, 0) is 0 Å². The molecule has 0 fully saturated rings. The first kappa shape index (κ1) is 18.1. The Morgan fingerprint density at radius 2 is 2.04 bits per heavy atom. The van der Waals surface area contributed by atoms with E-state index in [-0.39, 0.29) is 11.9 Å². The Kier molecular flexibility index (Phi) is 6.87. The maximum atomic E-state index is 12.6. The highest BCUT2D eigenvalue weighted by Crippen LogP contribution is 2.13. The van der Waals surface area contributed by atoms with E-state index in [1.807, 2.05) is 25.1 Å². The van der Waals surface area contributed by atoms with Gasteiger partial charge in [0.05, 0.1) is 11.3 Å². The van der Waals surface area contributed by atoms with Crippen molar-refractivity contribution >= 4 is 5.91 Å². The average molecular weight is 330 g/mol. The second-order valence-electron chi connectivity index (χ2n) is 5.82. The van der Waals surface area contributed by atoms with E-state index in [1.54, 1.807) is 6.07 Å². The van der Waals surface area contributed by atoms with Gasteiger partial charge in [0.25, 0.3) is 5.91 Å². The Morgan fingerprint density at radius 3 is 2.71 bits per heavy atom. The Labute approximate surface area is 143 Å². The second-order valence-corrected chi connectivity index (χ2v) is 5.82. The zero-order valence-corrected chi connectivity index (χ0v) is 14.6. The zero-order chi connectivity index (χ0) is 17.4. The van der Waals surface area contributed by atoms with E-state index < -0.39 is 0 Å². The highest BCUT2D eigenvalue weighted by atomic mass is 16.1. The molecule has 2 rings (SSSR count). The first-order valence-electron chi connectivity index (χ1n) is 8.51. The van der Waals surface area contributed by atoms with Gasteiger partial charge in [-0.15, -0.1) is 5.10 Å². The van der Waals surface area contributed by atoms with Crippen molar-refractivity contribution in [2.75, 3.05) is 19.6 Å². The molecule has 0 saturated heterocycles. The third kappa shape index (κ3) is 4.86. The number of nitrogens with zero attached hydrogens (tertiary/aromatic N) is 5. The summed E-state index contributed by atoms with van der Waals surface area (Å²) < 4.78 is 1.50. The number of benzene rings is 1. The number of nitrogens with one attached hydrogen (secondary N) is 1. The standard InChI is InChI=1S/C17H26N6O/c1-4-22(5-2)12-8-9-14(3)19-17(24)15-10-6-7-11-16(15)23-13-18-20-21-23/h6-7,10-11,13-14H,4-5,8-9,12H2,1-3H3,(H,19,24)/t14-/m1/s1. The van der Waals surface area contributed by atoms with Gasteiger partial charge in [-0.2, -0.15) is 4.68 Å². The van der Waals surface area contributed by atoms with Gasteiger partial charge in [-0.1, -0.05) is 26.0 Å². The fourth-order valence-electron chi connectivity index (χ4n) is 2.67. The number of hydrogen-bond acceptors (Lipinski definition) is 5. The van der Waals surface area contributed by atoms with E-state index >= 15 is 0 Å². The van der Waals surface area contributed by atoms with Crippen molar-refractivity contribution in [2.24, 2.45) is 0 Å². The molecule has 0 saturated carbocycles. The summed E-state index contributed by atoms with van der Waals surface area (Å²) in [6, 6.07) is 7.44. The molecule has 1 aromatic heterocycles. The fraction of sp³-hybridized carbons (Fsp3) is 0.529. The number of tetrazole rings is 1. The molecule has 0 aliphatic heterocycles. The van der Waals surface area contributed by atoms with Gasteiger partial charge in [0, 0.05) is 6.04 Å². The normalized spacial score (nSPS) is 12.3. The maximum absolute atomic E-state index is 12.6. The van der Waals surface area contributed by atoms with Gasteiger partial charge in [-0.25, -0.2) is 0 Å². The average Bonchev–Trinajstić information content (AvgIpc) is 3.13. The third-order valence-electron chi connectivity index (χ3n) is 4.13. The van der Waals surface area contributed by atoms with Gasteiger partial charge in [0.1, 0.15) is 6.33 Å². The van der Waals surface area contributed by atoms with Crippen LogP contribution in [0.25, 0.3) is 5.69 Å². The molecule has 0 radical (unpaired) electrons. The van der Waals surface area contributed by atoms with E-state index in [0.717, 1.165) is 32.5 Å². The van der Waals surface area contributed by atoms with Crippen LogP contribution in [0.2, 0.25) is 0 Å². The summed E-state index contributed by atoms with van der Waals surface area (Å²) in [6.45, 7) is 9.58. The van der Waals surface area contributed by atoms with Crippen molar-refractivity contribution in [2.45, 2.75) is 39.7 Å². The molecule has 24 heavy (non-hydrogen) atoms. The minimum atomic E-state index is -0.101. The number of aromatic nitrogens is 4. The van der Waals surface area contributed by atoms with E-state index in [0.29, 0.717) is 11.3 Å². The largest absolute Gasteiger partial charge is 0.350 e. The van der Waals surface area contributed by atoms with Gasteiger partial charge in [0.2, 0.25) is 0 Å². The van der Waals surface area contributed by atoms with Crippen LogP contribution in [0.5, 0.6) is 0 Å². The molecule has 1 atom stereocenters. The second kappa shape index (κ2) is 9.12. The van der Waals surface area contributed by atoms with Gasteiger partial charge >= 0.3 is 0 Å². The molecule has 7 heteroatoms. The lowest BCUT2D eigenvalue weighted by molar-refractivity contribution is 0.0937. The number of para-hydroxylation sites is 1. The molecular formula is C17H26N6O. The summed E-state index contributed by atoms with van der Waals surface area (Å²) in [5, 5.41) is 14.2. The SMILES string of the molecule is CCN(CC)CCC[C@@H](C)NC(=O)c1ccccc1-n1cnnn1. The topological polar surface area (TPSA) is 75.9 Å². The number of amides is 1. The summed E-state index contributed by atoms with van der Waals surface area (Å²) in [6.07, 6.45) is 3.51. The molecular weight excluding hydrogens is 304 g/mol. The number of carbonyl (C=O) groups is 1. The van der Waals surface area contributed by atoms with Crippen LogP contribution >= 0.6 is 0 Å². The molecule has 2 aromatic rings. The van der Waals surface area contributed by atoms with Gasteiger partial charge in [0.15, 0.2) is 0 Å². The van der Waals surface area contributed by atoms with Crippen molar-refractivity contribution < 1.29 is 4.79 Å². The van der Waals surface area contributed by atoms with Crippen LogP contribution in [-0.4, -0.2) is 56.7 Å². The Bertz CT molecular complexity index is 624.